The summed E-state index contributed by atoms with van der Waals surface area (Å²) in [6.45, 7) is 0. The van der Waals surface area contributed by atoms with E-state index in [4.69, 9.17) is 0 Å². The number of hydrogen-bond acceptors (Lipinski definition) is 2. The minimum Gasteiger partial charge on any atom is -0.340 e. The summed E-state index contributed by atoms with van der Waals surface area (Å²) in [6.07, 6.45) is 0.734. The van der Waals surface area contributed by atoms with Crippen LogP contribution < -0.4 is 5.56 Å². The number of benzene rings is 1. The van der Waals surface area contributed by atoms with Gasteiger partial charge in [0.15, 0.2) is 5.65 Å². The highest BCUT2D eigenvalue weighted by Gasteiger charge is 2.03. The summed E-state index contributed by atoms with van der Waals surface area (Å²) in [4.78, 5) is 21.4. The molecule has 17 heavy (non-hydrogen) atoms. The number of imidazole rings is 1. The van der Waals surface area contributed by atoms with Crippen molar-refractivity contribution in [1.29, 1.82) is 0 Å². The molecule has 2 heterocycles. The van der Waals surface area contributed by atoms with Crippen molar-refractivity contribution in [1.82, 2.24) is 15.0 Å². The molecule has 0 atom stereocenters. The van der Waals surface area contributed by atoms with Gasteiger partial charge in [0.25, 0.3) is 0 Å². The molecule has 0 amide bonds. The zero-order valence-electron chi connectivity index (χ0n) is 9.10. The average Bonchev–Trinajstić information content (AvgIpc) is 2.71. The van der Waals surface area contributed by atoms with E-state index in [-0.39, 0.29) is 5.56 Å². The SMILES string of the molecule is O=c1ccc2[nH]c(Cc3ccccc3)nc2[nH]1. The third-order valence-electron chi connectivity index (χ3n) is 2.64. The van der Waals surface area contributed by atoms with E-state index in [1.54, 1.807) is 6.07 Å². The Balaban J connectivity index is 1.99. The van der Waals surface area contributed by atoms with Gasteiger partial charge in [-0.2, -0.15) is 0 Å². The van der Waals surface area contributed by atoms with Gasteiger partial charge in [0.1, 0.15) is 5.82 Å². The van der Waals surface area contributed by atoms with Crippen LogP contribution in [0, 0.1) is 0 Å². The fraction of sp³-hybridized carbons (Fsp3) is 0.0769. The first-order valence-electron chi connectivity index (χ1n) is 5.43. The molecule has 2 aromatic heterocycles. The summed E-state index contributed by atoms with van der Waals surface area (Å²) in [5.74, 6) is 0.855. The van der Waals surface area contributed by atoms with Gasteiger partial charge >= 0.3 is 0 Å². The Morgan fingerprint density at radius 2 is 1.82 bits per heavy atom. The molecule has 0 radical (unpaired) electrons. The molecule has 0 unspecified atom stereocenters. The first kappa shape index (κ1) is 9.84. The fourth-order valence-corrected chi connectivity index (χ4v) is 1.84. The Hall–Kier alpha value is -2.36. The van der Waals surface area contributed by atoms with Gasteiger partial charge in [0, 0.05) is 12.5 Å². The van der Waals surface area contributed by atoms with Gasteiger partial charge < -0.3 is 9.97 Å². The highest BCUT2D eigenvalue weighted by Crippen LogP contribution is 2.10. The Kier molecular flexibility index (Phi) is 2.26. The number of fused-ring (bicyclic) bond motifs is 1. The lowest BCUT2D eigenvalue weighted by molar-refractivity contribution is 1.03. The van der Waals surface area contributed by atoms with Crippen LogP contribution >= 0.6 is 0 Å². The maximum atomic E-state index is 11.1. The van der Waals surface area contributed by atoms with E-state index in [0.29, 0.717) is 5.65 Å². The van der Waals surface area contributed by atoms with Gasteiger partial charge in [-0.25, -0.2) is 4.98 Å². The van der Waals surface area contributed by atoms with Crippen LogP contribution in [0.5, 0.6) is 0 Å². The summed E-state index contributed by atoms with van der Waals surface area (Å²) in [6, 6.07) is 13.3. The lowest BCUT2D eigenvalue weighted by atomic mass is 10.1. The molecule has 1 aromatic carbocycles. The maximum Gasteiger partial charge on any atom is 0.249 e. The highest BCUT2D eigenvalue weighted by atomic mass is 16.1. The monoisotopic (exact) mass is 225 g/mol. The van der Waals surface area contributed by atoms with Gasteiger partial charge in [-0.15, -0.1) is 0 Å². The van der Waals surface area contributed by atoms with E-state index in [0.717, 1.165) is 17.8 Å². The van der Waals surface area contributed by atoms with Crippen LogP contribution in [0.1, 0.15) is 11.4 Å². The summed E-state index contributed by atoms with van der Waals surface area (Å²) in [5, 5.41) is 0. The van der Waals surface area contributed by atoms with Gasteiger partial charge in [-0.3, -0.25) is 4.79 Å². The summed E-state index contributed by atoms with van der Waals surface area (Å²) < 4.78 is 0. The molecule has 2 N–H and O–H groups in total. The number of aromatic nitrogens is 3. The first-order valence-corrected chi connectivity index (χ1v) is 5.43. The number of hydrogen-bond donors (Lipinski definition) is 2. The van der Waals surface area contributed by atoms with Crippen LogP contribution in [0.15, 0.2) is 47.3 Å². The minimum absolute atomic E-state index is 0.129. The van der Waals surface area contributed by atoms with E-state index in [2.05, 4.69) is 27.1 Å². The Labute approximate surface area is 97.3 Å². The van der Waals surface area contributed by atoms with Crippen LogP contribution in [0.4, 0.5) is 0 Å². The number of nitrogens with zero attached hydrogens (tertiary/aromatic N) is 1. The minimum atomic E-state index is -0.129. The Bertz CT molecular complexity index is 697. The summed E-state index contributed by atoms with van der Waals surface area (Å²) >= 11 is 0. The molecule has 0 aliphatic carbocycles. The molecule has 0 bridgehead atoms. The molecule has 0 aliphatic heterocycles. The first-order chi connectivity index (χ1) is 8.31. The molecule has 84 valence electrons. The number of H-pyrrole nitrogens is 2. The molecule has 3 aromatic rings. The molecule has 0 fully saturated rings. The van der Waals surface area contributed by atoms with Crippen LogP contribution in [-0.2, 0) is 6.42 Å². The summed E-state index contributed by atoms with van der Waals surface area (Å²) in [7, 11) is 0. The van der Waals surface area contributed by atoms with Crippen LogP contribution in [0.2, 0.25) is 0 Å². The molecule has 0 saturated carbocycles. The van der Waals surface area contributed by atoms with E-state index in [1.807, 2.05) is 18.2 Å². The van der Waals surface area contributed by atoms with Crippen molar-refractivity contribution in [3.05, 3.63) is 64.2 Å². The van der Waals surface area contributed by atoms with E-state index in [9.17, 15) is 4.79 Å². The second-order valence-electron chi connectivity index (χ2n) is 3.93. The van der Waals surface area contributed by atoms with Crippen molar-refractivity contribution in [3.8, 4) is 0 Å². The van der Waals surface area contributed by atoms with Crippen molar-refractivity contribution >= 4 is 11.2 Å². The lowest BCUT2D eigenvalue weighted by Gasteiger charge is -1.95. The molecule has 0 aliphatic rings. The second kappa shape index (κ2) is 3.90. The van der Waals surface area contributed by atoms with E-state index in [1.165, 1.54) is 11.6 Å². The zero-order valence-corrected chi connectivity index (χ0v) is 9.10. The molecular weight excluding hydrogens is 214 g/mol. The Morgan fingerprint density at radius 3 is 2.65 bits per heavy atom. The van der Waals surface area contributed by atoms with Crippen molar-refractivity contribution in [2.75, 3.05) is 0 Å². The topological polar surface area (TPSA) is 61.5 Å². The molecule has 4 heteroatoms. The highest BCUT2D eigenvalue weighted by molar-refractivity contribution is 5.69. The van der Waals surface area contributed by atoms with Gasteiger partial charge in [0.2, 0.25) is 5.56 Å². The average molecular weight is 225 g/mol. The second-order valence-corrected chi connectivity index (χ2v) is 3.93. The predicted molar refractivity (Wildman–Crippen MR) is 66.0 cm³/mol. The Morgan fingerprint density at radius 1 is 1.00 bits per heavy atom. The van der Waals surface area contributed by atoms with Crippen LogP contribution in [0.25, 0.3) is 11.2 Å². The van der Waals surface area contributed by atoms with Crippen molar-refractivity contribution in [3.63, 3.8) is 0 Å². The number of pyridine rings is 1. The van der Waals surface area contributed by atoms with Crippen LogP contribution in [0.3, 0.4) is 0 Å². The van der Waals surface area contributed by atoms with E-state index >= 15 is 0 Å². The maximum absolute atomic E-state index is 11.1. The van der Waals surface area contributed by atoms with Gasteiger partial charge in [0.05, 0.1) is 5.52 Å². The predicted octanol–water partition coefficient (Wildman–Crippen LogP) is 1.84. The lowest BCUT2D eigenvalue weighted by Crippen LogP contribution is -2.01. The third kappa shape index (κ3) is 1.97. The van der Waals surface area contributed by atoms with Crippen LogP contribution in [-0.4, -0.2) is 15.0 Å². The molecule has 4 nitrogen and oxygen atoms in total. The van der Waals surface area contributed by atoms with Crippen molar-refractivity contribution in [2.45, 2.75) is 6.42 Å². The smallest absolute Gasteiger partial charge is 0.249 e. The molecule has 3 rings (SSSR count). The zero-order chi connectivity index (χ0) is 11.7. The van der Waals surface area contributed by atoms with Crippen molar-refractivity contribution in [2.24, 2.45) is 0 Å². The standard InChI is InChI=1S/C13H11N3O/c17-12-7-6-10-13(16-12)15-11(14-10)8-9-4-2-1-3-5-9/h1-7H,8H2,(H2,14,15,16,17). The van der Waals surface area contributed by atoms with Crippen molar-refractivity contribution < 1.29 is 0 Å². The van der Waals surface area contributed by atoms with E-state index < -0.39 is 0 Å². The normalized spacial score (nSPS) is 10.8. The fourth-order valence-electron chi connectivity index (χ4n) is 1.84. The number of rotatable bonds is 2. The third-order valence-corrected chi connectivity index (χ3v) is 2.64. The number of aromatic amines is 2. The number of nitrogens with one attached hydrogen (secondary N) is 2. The quantitative estimate of drug-likeness (QED) is 0.699. The molecular formula is C13H11N3O. The summed E-state index contributed by atoms with van der Waals surface area (Å²) in [5.41, 5.74) is 2.53. The van der Waals surface area contributed by atoms with Gasteiger partial charge in [-0.1, -0.05) is 30.3 Å². The largest absolute Gasteiger partial charge is 0.340 e. The molecule has 0 spiro atoms. The molecule has 0 saturated heterocycles. The van der Waals surface area contributed by atoms with Gasteiger partial charge in [-0.05, 0) is 11.6 Å².